The second-order valence-corrected chi connectivity index (χ2v) is 7.48. The highest BCUT2D eigenvalue weighted by Gasteiger charge is 2.20. The Balaban J connectivity index is 1.49. The van der Waals surface area contributed by atoms with E-state index in [1.807, 2.05) is 60.9 Å². The molecule has 152 valence electrons. The standard InChI is InChI=1S/C22H20N4O3S/c1-14-20(24-25-26(14)17-10-7-11-18(12-17)30-3)22(27)28-13-19-15(2)29-21(23-19)16-8-5-4-6-9-16/h4-12H,13H2,1-3H3. The van der Waals surface area contributed by atoms with Crippen LogP contribution in [0.25, 0.3) is 17.1 Å². The largest absolute Gasteiger partial charge is 0.454 e. The molecule has 4 rings (SSSR count). The molecule has 0 amide bonds. The third-order valence-electron chi connectivity index (χ3n) is 4.64. The highest BCUT2D eigenvalue weighted by Crippen LogP contribution is 2.23. The van der Waals surface area contributed by atoms with Gasteiger partial charge in [-0.1, -0.05) is 29.5 Å². The molecule has 0 unspecified atom stereocenters. The van der Waals surface area contributed by atoms with Gasteiger partial charge in [-0.3, -0.25) is 0 Å². The fraction of sp³-hybridized carbons (Fsp3) is 0.182. The number of oxazole rings is 1. The Bertz CT molecular complexity index is 1180. The zero-order valence-corrected chi connectivity index (χ0v) is 17.6. The van der Waals surface area contributed by atoms with Gasteiger partial charge in [0.05, 0.1) is 11.4 Å². The third kappa shape index (κ3) is 3.99. The first-order valence-corrected chi connectivity index (χ1v) is 10.5. The molecule has 0 N–H and O–H groups in total. The van der Waals surface area contributed by atoms with Crippen LogP contribution in [0.1, 0.15) is 27.6 Å². The van der Waals surface area contributed by atoms with Crippen LogP contribution in [-0.4, -0.2) is 32.2 Å². The number of ether oxygens (including phenoxy) is 1. The molecule has 0 aliphatic heterocycles. The fourth-order valence-corrected chi connectivity index (χ4v) is 3.43. The van der Waals surface area contributed by atoms with Crippen molar-refractivity contribution in [1.82, 2.24) is 20.0 Å². The first-order chi connectivity index (χ1) is 14.6. The summed E-state index contributed by atoms with van der Waals surface area (Å²) in [6.07, 6.45) is 2.01. The van der Waals surface area contributed by atoms with E-state index in [1.165, 1.54) is 0 Å². The Labute approximate surface area is 178 Å². The van der Waals surface area contributed by atoms with Crippen molar-refractivity contribution >= 4 is 17.7 Å². The molecule has 8 heteroatoms. The Morgan fingerprint density at radius 1 is 1.13 bits per heavy atom. The van der Waals surface area contributed by atoms with E-state index in [0.29, 0.717) is 23.0 Å². The molecular formula is C22H20N4O3S. The Morgan fingerprint density at radius 3 is 2.70 bits per heavy atom. The van der Waals surface area contributed by atoms with Gasteiger partial charge in [-0.05, 0) is 50.4 Å². The van der Waals surface area contributed by atoms with Crippen LogP contribution in [0, 0.1) is 13.8 Å². The van der Waals surface area contributed by atoms with Crippen molar-refractivity contribution in [1.29, 1.82) is 0 Å². The fourth-order valence-electron chi connectivity index (χ4n) is 2.97. The summed E-state index contributed by atoms with van der Waals surface area (Å²) in [6, 6.07) is 17.4. The lowest BCUT2D eigenvalue weighted by Gasteiger charge is -2.05. The van der Waals surface area contributed by atoms with Gasteiger partial charge in [0.2, 0.25) is 5.89 Å². The van der Waals surface area contributed by atoms with Crippen molar-refractivity contribution in [2.45, 2.75) is 25.3 Å². The van der Waals surface area contributed by atoms with E-state index in [1.54, 1.807) is 30.3 Å². The van der Waals surface area contributed by atoms with Gasteiger partial charge in [-0.2, -0.15) is 0 Å². The average Bonchev–Trinajstić information content (AvgIpc) is 3.35. The number of hydrogen-bond acceptors (Lipinski definition) is 7. The monoisotopic (exact) mass is 420 g/mol. The van der Waals surface area contributed by atoms with Crippen LogP contribution < -0.4 is 0 Å². The molecule has 0 aliphatic rings. The van der Waals surface area contributed by atoms with Crippen LogP contribution in [-0.2, 0) is 11.3 Å². The second kappa shape index (κ2) is 8.54. The summed E-state index contributed by atoms with van der Waals surface area (Å²) in [4.78, 5) is 18.1. The lowest BCUT2D eigenvalue weighted by molar-refractivity contribution is 0.0459. The van der Waals surface area contributed by atoms with E-state index in [4.69, 9.17) is 9.15 Å². The Kier molecular flexibility index (Phi) is 5.67. The van der Waals surface area contributed by atoms with Gasteiger partial charge >= 0.3 is 5.97 Å². The van der Waals surface area contributed by atoms with Crippen molar-refractivity contribution in [3.63, 3.8) is 0 Å². The lowest BCUT2D eigenvalue weighted by Crippen LogP contribution is -2.09. The minimum absolute atomic E-state index is 0.00470. The summed E-state index contributed by atoms with van der Waals surface area (Å²) in [5, 5.41) is 8.14. The number of nitrogens with zero attached hydrogens (tertiary/aromatic N) is 4. The van der Waals surface area contributed by atoms with Gasteiger partial charge in [0.15, 0.2) is 5.69 Å². The van der Waals surface area contributed by atoms with E-state index in [2.05, 4.69) is 15.3 Å². The predicted octanol–water partition coefficient (Wildman–Crippen LogP) is 4.62. The zero-order valence-electron chi connectivity index (χ0n) is 16.8. The highest BCUT2D eigenvalue weighted by molar-refractivity contribution is 7.98. The van der Waals surface area contributed by atoms with Crippen LogP contribution >= 0.6 is 11.8 Å². The van der Waals surface area contributed by atoms with Gasteiger partial charge in [0.25, 0.3) is 0 Å². The molecular weight excluding hydrogens is 400 g/mol. The summed E-state index contributed by atoms with van der Waals surface area (Å²) < 4.78 is 12.8. The van der Waals surface area contributed by atoms with Crippen LogP contribution in [0.5, 0.6) is 0 Å². The van der Waals surface area contributed by atoms with Crippen LogP contribution in [0.15, 0.2) is 63.9 Å². The van der Waals surface area contributed by atoms with Crippen molar-refractivity contribution in [2.75, 3.05) is 6.26 Å². The molecule has 2 aromatic heterocycles. The summed E-state index contributed by atoms with van der Waals surface area (Å²) in [7, 11) is 0. The van der Waals surface area contributed by atoms with Gasteiger partial charge in [0, 0.05) is 10.5 Å². The van der Waals surface area contributed by atoms with Crippen LogP contribution in [0.4, 0.5) is 0 Å². The van der Waals surface area contributed by atoms with Crippen LogP contribution in [0.2, 0.25) is 0 Å². The molecule has 2 aromatic carbocycles. The number of carbonyl (C=O) groups excluding carboxylic acids is 1. The molecule has 0 spiro atoms. The van der Waals surface area contributed by atoms with Crippen molar-refractivity contribution in [2.24, 2.45) is 0 Å². The Morgan fingerprint density at radius 2 is 1.93 bits per heavy atom. The van der Waals surface area contributed by atoms with E-state index < -0.39 is 5.97 Å². The quantitative estimate of drug-likeness (QED) is 0.332. The van der Waals surface area contributed by atoms with E-state index in [-0.39, 0.29) is 12.3 Å². The molecule has 0 saturated carbocycles. The number of aromatic nitrogens is 4. The molecule has 0 radical (unpaired) electrons. The highest BCUT2D eigenvalue weighted by atomic mass is 32.2. The minimum atomic E-state index is -0.552. The number of benzene rings is 2. The van der Waals surface area contributed by atoms with Crippen molar-refractivity contribution in [3.05, 3.63) is 77.4 Å². The summed E-state index contributed by atoms with van der Waals surface area (Å²) in [6.45, 7) is 3.58. The number of carbonyl (C=O) groups is 1. The topological polar surface area (TPSA) is 83.0 Å². The third-order valence-corrected chi connectivity index (χ3v) is 5.36. The lowest BCUT2D eigenvalue weighted by atomic mass is 10.2. The Hall–Kier alpha value is -3.39. The molecule has 0 bridgehead atoms. The molecule has 0 fully saturated rings. The van der Waals surface area contributed by atoms with Crippen molar-refractivity contribution < 1.29 is 13.9 Å². The molecule has 7 nitrogen and oxygen atoms in total. The van der Waals surface area contributed by atoms with Gasteiger partial charge < -0.3 is 9.15 Å². The minimum Gasteiger partial charge on any atom is -0.454 e. The maximum Gasteiger partial charge on any atom is 0.361 e. The number of thioether (sulfide) groups is 1. The van der Waals surface area contributed by atoms with Gasteiger partial charge in [-0.15, -0.1) is 16.9 Å². The number of aryl methyl sites for hydroxylation is 1. The smallest absolute Gasteiger partial charge is 0.361 e. The van der Waals surface area contributed by atoms with Gasteiger partial charge in [0.1, 0.15) is 18.1 Å². The number of rotatable bonds is 6. The first kappa shape index (κ1) is 19.9. The SMILES string of the molecule is CSc1cccc(-n2nnc(C(=O)OCc3nc(-c4ccccc4)oc3C)c2C)c1. The van der Waals surface area contributed by atoms with Crippen molar-refractivity contribution in [3.8, 4) is 17.1 Å². The summed E-state index contributed by atoms with van der Waals surface area (Å²) in [5.74, 6) is 0.550. The summed E-state index contributed by atoms with van der Waals surface area (Å²) in [5.41, 5.74) is 3.06. The first-order valence-electron chi connectivity index (χ1n) is 9.32. The van der Waals surface area contributed by atoms with Gasteiger partial charge in [-0.25, -0.2) is 14.5 Å². The normalized spacial score (nSPS) is 10.9. The summed E-state index contributed by atoms with van der Waals surface area (Å²) >= 11 is 1.64. The molecule has 0 atom stereocenters. The zero-order chi connectivity index (χ0) is 21.1. The second-order valence-electron chi connectivity index (χ2n) is 6.60. The maximum absolute atomic E-state index is 12.6. The van der Waals surface area contributed by atoms with E-state index in [0.717, 1.165) is 16.1 Å². The maximum atomic E-state index is 12.6. The predicted molar refractivity (Wildman–Crippen MR) is 114 cm³/mol. The number of esters is 1. The van der Waals surface area contributed by atoms with Crippen LogP contribution in [0.3, 0.4) is 0 Å². The molecule has 30 heavy (non-hydrogen) atoms. The molecule has 0 saturated heterocycles. The molecule has 2 heterocycles. The van der Waals surface area contributed by atoms with E-state index in [9.17, 15) is 4.79 Å². The molecule has 0 aliphatic carbocycles. The van der Waals surface area contributed by atoms with E-state index >= 15 is 0 Å². The average molecular weight is 420 g/mol. The molecule has 4 aromatic rings. The number of hydrogen-bond donors (Lipinski definition) is 0.